The topological polar surface area (TPSA) is 84.4 Å². The number of benzene rings is 2. The van der Waals surface area contributed by atoms with E-state index in [4.69, 9.17) is 9.63 Å². The third-order valence-electron chi connectivity index (χ3n) is 6.08. The van der Waals surface area contributed by atoms with Crippen molar-refractivity contribution in [3.8, 4) is 11.3 Å². The molecular formula is C26H27F3N4O3. The molecule has 2 aromatic carbocycles. The molecular weight excluding hydrogens is 473 g/mol. The number of fused-ring (bicyclic) bond motifs is 1. The number of anilines is 1. The van der Waals surface area contributed by atoms with Gasteiger partial charge < -0.3 is 14.5 Å². The first-order valence-corrected chi connectivity index (χ1v) is 11.5. The molecule has 2 heterocycles. The van der Waals surface area contributed by atoms with Crippen LogP contribution in [-0.4, -0.2) is 39.6 Å². The van der Waals surface area contributed by atoms with Crippen LogP contribution in [0.2, 0.25) is 0 Å². The normalized spacial score (nSPS) is 12.0. The number of carboxylic acid groups (broad SMARTS) is 1. The Morgan fingerprint density at radius 2 is 1.83 bits per heavy atom. The molecule has 7 nitrogen and oxygen atoms in total. The van der Waals surface area contributed by atoms with Gasteiger partial charge in [0.2, 0.25) is 0 Å². The number of carboxylic acids is 1. The maximum Gasteiger partial charge on any atom is 0.416 e. The molecule has 0 aliphatic rings. The van der Waals surface area contributed by atoms with Gasteiger partial charge in [-0.1, -0.05) is 17.3 Å². The average molecular weight is 501 g/mol. The van der Waals surface area contributed by atoms with Crippen molar-refractivity contribution >= 4 is 22.6 Å². The van der Waals surface area contributed by atoms with Gasteiger partial charge in [0.1, 0.15) is 6.54 Å². The zero-order valence-electron chi connectivity index (χ0n) is 20.4. The van der Waals surface area contributed by atoms with E-state index in [-0.39, 0.29) is 12.6 Å². The maximum absolute atomic E-state index is 12.9. The Balaban J connectivity index is 1.57. The summed E-state index contributed by atoms with van der Waals surface area (Å²) in [5.41, 5.74) is 4.48. The standard InChI is InChI=1S/C26H27F3N4O3/c1-15(2)33-19(12-22(30-33)17-5-7-18(8-6-17)26(27,28)29)9-10-21-20-11-16(3)23(13-24(20)36-31-21)32(4)14-25(34)35/h5-8,11-13,15H,9-10,14H2,1-4H3,(H,34,35). The summed E-state index contributed by atoms with van der Waals surface area (Å²) in [5, 5.41) is 18.8. The summed E-state index contributed by atoms with van der Waals surface area (Å²) in [6.07, 6.45) is -3.21. The van der Waals surface area contributed by atoms with Crippen LogP contribution in [-0.2, 0) is 23.8 Å². The fraction of sp³-hybridized carbons (Fsp3) is 0.346. The van der Waals surface area contributed by atoms with Gasteiger partial charge in [0.25, 0.3) is 0 Å². The highest BCUT2D eigenvalue weighted by Gasteiger charge is 2.30. The quantitative estimate of drug-likeness (QED) is 0.324. The van der Waals surface area contributed by atoms with Gasteiger partial charge in [-0.3, -0.25) is 9.48 Å². The van der Waals surface area contributed by atoms with Crippen LogP contribution in [0.4, 0.5) is 18.9 Å². The highest BCUT2D eigenvalue weighted by Crippen LogP contribution is 2.32. The summed E-state index contributed by atoms with van der Waals surface area (Å²) >= 11 is 0. The number of likely N-dealkylation sites (N-methyl/N-ethyl adjacent to an activating group) is 1. The number of carbonyl (C=O) groups is 1. The first-order valence-electron chi connectivity index (χ1n) is 11.5. The SMILES string of the molecule is Cc1cc2c(CCc3cc(-c4ccc(C(F)(F)F)cc4)nn3C(C)C)noc2cc1N(C)CC(=O)O. The van der Waals surface area contributed by atoms with Gasteiger partial charge in [-0.25, -0.2) is 0 Å². The predicted octanol–water partition coefficient (Wildman–Crippen LogP) is 5.91. The van der Waals surface area contributed by atoms with Crippen molar-refractivity contribution in [1.82, 2.24) is 14.9 Å². The molecule has 0 unspecified atom stereocenters. The van der Waals surface area contributed by atoms with Crippen LogP contribution in [0.3, 0.4) is 0 Å². The van der Waals surface area contributed by atoms with Gasteiger partial charge in [0.05, 0.1) is 17.0 Å². The van der Waals surface area contributed by atoms with Crippen molar-refractivity contribution in [2.45, 2.75) is 45.8 Å². The molecule has 0 atom stereocenters. The van der Waals surface area contributed by atoms with E-state index >= 15 is 0 Å². The minimum Gasteiger partial charge on any atom is -0.480 e. The molecule has 2 aromatic heterocycles. The fourth-order valence-electron chi connectivity index (χ4n) is 4.30. The Labute approximate surface area is 206 Å². The molecule has 0 aliphatic carbocycles. The number of alkyl halides is 3. The van der Waals surface area contributed by atoms with Crippen molar-refractivity contribution in [2.24, 2.45) is 0 Å². The van der Waals surface area contributed by atoms with Gasteiger partial charge in [0.15, 0.2) is 5.58 Å². The zero-order chi connectivity index (χ0) is 26.2. The average Bonchev–Trinajstić information content (AvgIpc) is 3.40. The summed E-state index contributed by atoms with van der Waals surface area (Å²) in [5.74, 6) is -0.923. The van der Waals surface area contributed by atoms with Gasteiger partial charge in [-0.05, 0) is 63.4 Å². The second-order valence-corrected chi connectivity index (χ2v) is 9.15. The molecule has 4 rings (SSSR count). The van der Waals surface area contributed by atoms with E-state index in [2.05, 4.69) is 10.3 Å². The van der Waals surface area contributed by atoms with Gasteiger partial charge in [-0.2, -0.15) is 18.3 Å². The molecule has 0 saturated carbocycles. The van der Waals surface area contributed by atoms with Crippen LogP contribution in [0.25, 0.3) is 22.2 Å². The Morgan fingerprint density at radius 3 is 2.44 bits per heavy atom. The van der Waals surface area contributed by atoms with Crippen molar-refractivity contribution in [1.29, 1.82) is 0 Å². The minimum atomic E-state index is -4.38. The first-order chi connectivity index (χ1) is 16.9. The second-order valence-electron chi connectivity index (χ2n) is 9.15. The van der Waals surface area contributed by atoms with E-state index in [0.717, 1.165) is 40.2 Å². The Kier molecular flexibility index (Phi) is 6.79. The summed E-state index contributed by atoms with van der Waals surface area (Å²) in [4.78, 5) is 12.7. The number of nitrogens with zero attached hydrogens (tertiary/aromatic N) is 4. The predicted molar refractivity (Wildman–Crippen MR) is 130 cm³/mol. The Bertz CT molecular complexity index is 1390. The lowest BCUT2D eigenvalue weighted by molar-refractivity contribution is -0.137. The van der Waals surface area contributed by atoms with E-state index in [1.165, 1.54) is 12.1 Å². The lowest BCUT2D eigenvalue weighted by Gasteiger charge is -2.19. The lowest BCUT2D eigenvalue weighted by Crippen LogP contribution is -2.25. The third kappa shape index (κ3) is 5.22. The van der Waals surface area contributed by atoms with E-state index < -0.39 is 17.7 Å². The monoisotopic (exact) mass is 500 g/mol. The first kappa shape index (κ1) is 25.3. The lowest BCUT2D eigenvalue weighted by atomic mass is 10.0. The van der Waals surface area contributed by atoms with Crippen LogP contribution < -0.4 is 4.90 Å². The smallest absolute Gasteiger partial charge is 0.416 e. The summed E-state index contributed by atoms with van der Waals surface area (Å²) in [6, 6.07) is 10.7. The van der Waals surface area contributed by atoms with Crippen molar-refractivity contribution < 1.29 is 27.6 Å². The molecule has 0 spiro atoms. The van der Waals surface area contributed by atoms with Crippen LogP contribution in [0.1, 0.15) is 42.4 Å². The number of rotatable bonds is 8. The molecule has 0 amide bonds. The highest BCUT2D eigenvalue weighted by molar-refractivity contribution is 5.86. The van der Waals surface area contributed by atoms with Crippen molar-refractivity contribution in [2.75, 3.05) is 18.5 Å². The molecule has 1 N–H and O–H groups in total. The van der Waals surface area contributed by atoms with Crippen molar-refractivity contribution in [3.05, 3.63) is 65.0 Å². The molecule has 0 fully saturated rings. The van der Waals surface area contributed by atoms with Crippen LogP contribution in [0.15, 0.2) is 47.0 Å². The van der Waals surface area contributed by atoms with Crippen molar-refractivity contribution in [3.63, 3.8) is 0 Å². The summed E-state index contributed by atoms with van der Waals surface area (Å²) in [6.45, 7) is 5.77. The molecule has 190 valence electrons. The molecule has 10 heteroatoms. The van der Waals surface area contributed by atoms with Gasteiger partial charge in [0, 0.05) is 41.5 Å². The van der Waals surface area contributed by atoms with E-state index in [1.807, 2.05) is 37.6 Å². The second kappa shape index (κ2) is 9.67. The molecule has 0 saturated heterocycles. The van der Waals surface area contributed by atoms with Gasteiger partial charge >= 0.3 is 12.1 Å². The number of aliphatic carboxylic acids is 1. The summed E-state index contributed by atoms with van der Waals surface area (Å²) < 4.78 is 46.2. The molecule has 0 bridgehead atoms. The number of aryl methyl sites for hydroxylation is 3. The molecule has 4 aromatic rings. The Morgan fingerprint density at radius 1 is 1.14 bits per heavy atom. The van der Waals surface area contributed by atoms with Crippen LogP contribution >= 0.6 is 0 Å². The Hall–Kier alpha value is -3.82. The number of hydrogen-bond acceptors (Lipinski definition) is 5. The number of hydrogen-bond donors (Lipinski definition) is 1. The maximum atomic E-state index is 12.9. The third-order valence-corrected chi connectivity index (χ3v) is 6.08. The number of halogens is 3. The van der Waals surface area contributed by atoms with E-state index in [9.17, 15) is 18.0 Å². The zero-order valence-corrected chi connectivity index (χ0v) is 20.4. The van der Waals surface area contributed by atoms with Gasteiger partial charge in [-0.15, -0.1) is 0 Å². The minimum absolute atomic E-state index is 0.0619. The molecule has 36 heavy (non-hydrogen) atoms. The fourth-order valence-corrected chi connectivity index (χ4v) is 4.30. The molecule has 0 radical (unpaired) electrons. The number of aromatic nitrogens is 3. The van der Waals surface area contributed by atoms with Crippen LogP contribution in [0.5, 0.6) is 0 Å². The summed E-state index contributed by atoms with van der Waals surface area (Å²) in [7, 11) is 1.71. The van der Waals surface area contributed by atoms with E-state index in [0.29, 0.717) is 29.7 Å². The van der Waals surface area contributed by atoms with E-state index in [1.54, 1.807) is 18.0 Å². The van der Waals surface area contributed by atoms with Crippen LogP contribution in [0, 0.1) is 6.92 Å². The highest BCUT2D eigenvalue weighted by atomic mass is 19.4. The largest absolute Gasteiger partial charge is 0.480 e. The molecule has 0 aliphatic heterocycles.